The minimum absolute atomic E-state index is 0.180. The first kappa shape index (κ1) is 19.8. The van der Waals surface area contributed by atoms with Crippen molar-refractivity contribution in [3.8, 4) is 11.3 Å². The van der Waals surface area contributed by atoms with Gasteiger partial charge in [0.1, 0.15) is 0 Å². The Morgan fingerprint density at radius 1 is 1.10 bits per heavy atom. The van der Waals surface area contributed by atoms with Crippen LogP contribution in [0.2, 0.25) is 0 Å². The first-order valence-corrected chi connectivity index (χ1v) is 11.2. The van der Waals surface area contributed by atoms with Gasteiger partial charge in [-0.15, -0.1) is 5.10 Å². The molecule has 0 amide bonds. The fraction of sp³-hybridized carbons (Fsp3) is 0.400. The van der Waals surface area contributed by atoms with E-state index in [0.717, 1.165) is 24.2 Å². The molecule has 4 rings (SSSR count). The Bertz CT molecular complexity index is 1150. The zero-order chi connectivity index (χ0) is 20.8. The summed E-state index contributed by atoms with van der Waals surface area (Å²) < 4.78 is 29.4. The Morgan fingerprint density at radius 3 is 2.52 bits per heavy atom. The molecular weight excluding hydrogens is 388 g/mol. The number of fused-ring (bicyclic) bond motifs is 1. The third-order valence-corrected chi connectivity index (χ3v) is 7.25. The summed E-state index contributed by atoms with van der Waals surface area (Å²) in [5, 5.41) is 4.32. The van der Waals surface area contributed by atoms with Gasteiger partial charge in [-0.05, 0) is 31.2 Å². The Kier molecular flexibility index (Phi) is 5.05. The van der Waals surface area contributed by atoms with Crippen LogP contribution in [0.4, 0.5) is 5.82 Å². The van der Waals surface area contributed by atoms with Crippen molar-refractivity contribution in [1.82, 2.24) is 23.8 Å². The molecule has 0 aliphatic carbocycles. The standard InChI is InChI=1S/C20H26N6O2S/c1-14(2)18-19(21)23-26-8-7-17(22-20(18)26)15-5-4-6-16(13-15)29(27,28)25-11-9-24(3)10-12-25/h4-8,13-14H,9-12H2,1-3H3,(H2,21,23). The molecule has 1 aliphatic heterocycles. The topological polar surface area (TPSA) is 96.8 Å². The SMILES string of the molecule is CC(C)c1c(N)nn2ccc(-c3cccc(S(=O)(=O)N4CCN(C)CC4)c3)nc12. The number of aromatic nitrogens is 3. The normalized spacial score (nSPS) is 16.7. The van der Waals surface area contributed by atoms with E-state index in [1.54, 1.807) is 27.0 Å². The molecule has 1 saturated heterocycles. The van der Waals surface area contributed by atoms with Crippen molar-refractivity contribution in [2.45, 2.75) is 24.7 Å². The number of anilines is 1. The second-order valence-electron chi connectivity index (χ2n) is 7.77. The number of hydrogen-bond donors (Lipinski definition) is 1. The van der Waals surface area contributed by atoms with Gasteiger partial charge in [-0.2, -0.15) is 4.31 Å². The average Bonchev–Trinajstić information content (AvgIpc) is 3.03. The maximum Gasteiger partial charge on any atom is 0.243 e. The molecule has 154 valence electrons. The molecule has 0 unspecified atom stereocenters. The molecular formula is C20H26N6O2S. The summed E-state index contributed by atoms with van der Waals surface area (Å²) in [5.41, 5.74) is 9.09. The fourth-order valence-electron chi connectivity index (χ4n) is 3.67. The van der Waals surface area contributed by atoms with E-state index < -0.39 is 10.0 Å². The van der Waals surface area contributed by atoms with Crippen LogP contribution >= 0.6 is 0 Å². The molecule has 0 saturated carbocycles. The van der Waals surface area contributed by atoms with Crippen molar-refractivity contribution in [2.24, 2.45) is 0 Å². The summed E-state index contributed by atoms with van der Waals surface area (Å²) in [6.45, 7) is 6.56. The number of nitrogens with zero attached hydrogens (tertiary/aromatic N) is 5. The summed E-state index contributed by atoms with van der Waals surface area (Å²) >= 11 is 0. The molecule has 2 aromatic heterocycles. The van der Waals surface area contributed by atoms with Crippen LogP contribution in [0.3, 0.4) is 0 Å². The Balaban J connectivity index is 1.73. The van der Waals surface area contributed by atoms with E-state index in [4.69, 9.17) is 10.7 Å². The minimum atomic E-state index is -3.53. The molecule has 1 aromatic carbocycles. The maximum atomic E-state index is 13.1. The van der Waals surface area contributed by atoms with Crippen LogP contribution in [0, 0.1) is 0 Å². The highest BCUT2D eigenvalue weighted by molar-refractivity contribution is 7.89. The summed E-state index contributed by atoms with van der Waals surface area (Å²) in [5.74, 6) is 0.648. The Morgan fingerprint density at radius 2 is 1.83 bits per heavy atom. The minimum Gasteiger partial charge on any atom is -0.382 e. The molecule has 0 bridgehead atoms. The summed E-state index contributed by atoms with van der Waals surface area (Å²) in [6, 6.07) is 8.80. The highest BCUT2D eigenvalue weighted by atomic mass is 32.2. The Hall–Kier alpha value is -2.49. The highest BCUT2D eigenvalue weighted by Gasteiger charge is 2.27. The number of hydrogen-bond acceptors (Lipinski definition) is 6. The van der Waals surface area contributed by atoms with Gasteiger partial charge in [-0.25, -0.2) is 17.9 Å². The van der Waals surface area contributed by atoms with E-state index in [2.05, 4.69) is 10.00 Å². The van der Waals surface area contributed by atoms with Gasteiger partial charge < -0.3 is 10.6 Å². The molecule has 0 spiro atoms. The van der Waals surface area contributed by atoms with E-state index in [-0.39, 0.29) is 5.92 Å². The van der Waals surface area contributed by atoms with Gasteiger partial charge in [0.15, 0.2) is 11.5 Å². The lowest BCUT2D eigenvalue weighted by Gasteiger charge is -2.31. The smallest absolute Gasteiger partial charge is 0.243 e. The van der Waals surface area contributed by atoms with Gasteiger partial charge in [-0.1, -0.05) is 26.0 Å². The molecule has 1 fully saturated rings. The molecule has 0 atom stereocenters. The lowest BCUT2D eigenvalue weighted by atomic mass is 10.1. The molecule has 2 N–H and O–H groups in total. The molecule has 8 nitrogen and oxygen atoms in total. The van der Waals surface area contributed by atoms with Crippen molar-refractivity contribution in [3.05, 3.63) is 42.1 Å². The van der Waals surface area contributed by atoms with Crippen molar-refractivity contribution in [3.63, 3.8) is 0 Å². The van der Waals surface area contributed by atoms with Crippen LogP contribution in [-0.2, 0) is 10.0 Å². The second-order valence-corrected chi connectivity index (χ2v) is 9.71. The van der Waals surface area contributed by atoms with E-state index in [0.29, 0.717) is 35.1 Å². The fourth-order valence-corrected chi connectivity index (χ4v) is 5.14. The first-order chi connectivity index (χ1) is 13.8. The number of nitrogen functional groups attached to an aromatic ring is 1. The van der Waals surface area contributed by atoms with Crippen molar-refractivity contribution in [2.75, 3.05) is 39.0 Å². The third-order valence-electron chi connectivity index (χ3n) is 5.36. The molecule has 1 aliphatic rings. The van der Waals surface area contributed by atoms with Crippen LogP contribution in [0.1, 0.15) is 25.3 Å². The number of piperazine rings is 1. The van der Waals surface area contributed by atoms with E-state index in [1.807, 2.05) is 39.2 Å². The van der Waals surface area contributed by atoms with E-state index >= 15 is 0 Å². The van der Waals surface area contributed by atoms with Gasteiger partial charge in [0, 0.05) is 43.5 Å². The zero-order valence-electron chi connectivity index (χ0n) is 16.9. The average molecular weight is 415 g/mol. The summed E-state index contributed by atoms with van der Waals surface area (Å²) in [6.07, 6.45) is 1.81. The largest absolute Gasteiger partial charge is 0.382 e. The van der Waals surface area contributed by atoms with Gasteiger partial charge in [0.2, 0.25) is 10.0 Å². The van der Waals surface area contributed by atoms with Crippen LogP contribution in [0.5, 0.6) is 0 Å². The van der Waals surface area contributed by atoms with Crippen LogP contribution in [0.25, 0.3) is 16.9 Å². The number of nitrogens with two attached hydrogens (primary N) is 1. The van der Waals surface area contributed by atoms with Crippen molar-refractivity contribution >= 4 is 21.5 Å². The second kappa shape index (κ2) is 7.40. The summed E-state index contributed by atoms with van der Waals surface area (Å²) in [7, 11) is -1.53. The predicted octanol–water partition coefficient (Wildman–Crippen LogP) is 2.04. The molecule has 0 radical (unpaired) electrons. The zero-order valence-corrected chi connectivity index (χ0v) is 17.7. The number of rotatable bonds is 4. The van der Waals surface area contributed by atoms with Gasteiger partial charge in [0.05, 0.1) is 10.6 Å². The lowest BCUT2D eigenvalue weighted by molar-refractivity contribution is 0.222. The van der Waals surface area contributed by atoms with Crippen LogP contribution < -0.4 is 5.73 Å². The molecule has 3 heterocycles. The van der Waals surface area contributed by atoms with Gasteiger partial charge >= 0.3 is 0 Å². The van der Waals surface area contributed by atoms with Gasteiger partial charge in [-0.3, -0.25) is 0 Å². The number of benzene rings is 1. The highest BCUT2D eigenvalue weighted by Crippen LogP contribution is 2.28. The Labute approximate surface area is 171 Å². The predicted molar refractivity (Wildman–Crippen MR) is 113 cm³/mol. The maximum absolute atomic E-state index is 13.1. The summed E-state index contributed by atoms with van der Waals surface area (Å²) in [4.78, 5) is 7.16. The molecule has 3 aromatic rings. The van der Waals surface area contributed by atoms with E-state index in [9.17, 15) is 8.42 Å². The van der Waals surface area contributed by atoms with Crippen molar-refractivity contribution < 1.29 is 8.42 Å². The molecule has 9 heteroatoms. The molecule has 29 heavy (non-hydrogen) atoms. The first-order valence-electron chi connectivity index (χ1n) is 9.71. The van der Waals surface area contributed by atoms with E-state index in [1.165, 1.54) is 0 Å². The monoisotopic (exact) mass is 414 g/mol. The van der Waals surface area contributed by atoms with Gasteiger partial charge in [0.25, 0.3) is 0 Å². The van der Waals surface area contributed by atoms with Crippen LogP contribution in [-0.4, -0.2) is 65.4 Å². The van der Waals surface area contributed by atoms with Crippen LogP contribution in [0.15, 0.2) is 41.4 Å². The third kappa shape index (κ3) is 3.61. The quantitative estimate of drug-likeness (QED) is 0.702. The lowest BCUT2D eigenvalue weighted by Crippen LogP contribution is -2.47. The van der Waals surface area contributed by atoms with Crippen molar-refractivity contribution in [1.29, 1.82) is 0 Å². The number of likely N-dealkylation sites (N-methyl/N-ethyl adjacent to an activating group) is 1. The number of sulfonamides is 1.